The largest absolute Gasteiger partial charge is 0.452 e. The Balaban J connectivity index is 1.48. The number of hydrogen-bond donors (Lipinski definition) is 0. The van der Waals surface area contributed by atoms with Gasteiger partial charge in [-0.25, -0.2) is 13.2 Å². The highest BCUT2D eigenvalue weighted by molar-refractivity contribution is 7.89. The van der Waals surface area contributed by atoms with Gasteiger partial charge in [-0.05, 0) is 43.2 Å². The normalized spacial score (nSPS) is 14.7. The fourth-order valence-corrected chi connectivity index (χ4v) is 4.77. The van der Waals surface area contributed by atoms with Gasteiger partial charge in [-0.3, -0.25) is 4.98 Å². The minimum atomic E-state index is -3.69. The van der Waals surface area contributed by atoms with Crippen molar-refractivity contribution in [1.29, 1.82) is 0 Å². The van der Waals surface area contributed by atoms with E-state index in [0.717, 1.165) is 12.8 Å². The van der Waals surface area contributed by atoms with Gasteiger partial charge in [-0.15, -0.1) is 0 Å². The molecule has 0 saturated carbocycles. The maximum absolute atomic E-state index is 12.7. The van der Waals surface area contributed by atoms with Gasteiger partial charge in [0.1, 0.15) is 0 Å². The van der Waals surface area contributed by atoms with Gasteiger partial charge in [0.2, 0.25) is 15.8 Å². The first kappa shape index (κ1) is 20.5. The minimum Gasteiger partial charge on any atom is -0.452 e. The van der Waals surface area contributed by atoms with E-state index in [0.29, 0.717) is 24.5 Å². The Morgan fingerprint density at radius 2 is 2.03 bits per heavy atom. The lowest BCUT2D eigenvalue weighted by Gasteiger charge is -2.16. The summed E-state index contributed by atoms with van der Waals surface area (Å²) in [5, 5.41) is 3.90. The summed E-state index contributed by atoms with van der Waals surface area (Å²) in [6.07, 6.45) is 4.82. The zero-order valence-electron chi connectivity index (χ0n) is 15.7. The van der Waals surface area contributed by atoms with E-state index in [1.807, 2.05) is 0 Å². The van der Waals surface area contributed by atoms with Crippen LogP contribution in [0.4, 0.5) is 0 Å². The molecule has 9 nitrogen and oxygen atoms in total. The molecule has 0 spiro atoms. The number of nitrogens with zero attached hydrogens (tertiary/aromatic N) is 4. The topological polar surface area (TPSA) is 115 Å². The third-order valence-electron chi connectivity index (χ3n) is 4.58. The van der Waals surface area contributed by atoms with Gasteiger partial charge in [-0.1, -0.05) is 16.8 Å². The second kappa shape index (κ2) is 8.50. The monoisotopic (exact) mass is 448 g/mol. The fraction of sp³-hybridized carbons (Fsp3) is 0.263. The van der Waals surface area contributed by atoms with Crippen molar-refractivity contribution in [3.8, 4) is 11.4 Å². The molecule has 0 bridgehead atoms. The summed E-state index contributed by atoms with van der Waals surface area (Å²) < 4.78 is 37.1. The number of ether oxygens (including phenoxy) is 1. The number of halogens is 1. The van der Waals surface area contributed by atoms with Crippen molar-refractivity contribution < 1.29 is 22.5 Å². The van der Waals surface area contributed by atoms with E-state index in [2.05, 4.69) is 15.1 Å². The van der Waals surface area contributed by atoms with E-state index < -0.39 is 16.0 Å². The van der Waals surface area contributed by atoms with Crippen LogP contribution >= 0.6 is 11.6 Å². The lowest BCUT2D eigenvalue weighted by atomic mass is 10.2. The Kier molecular flexibility index (Phi) is 5.80. The second-order valence-corrected chi connectivity index (χ2v) is 8.93. The average molecular weight is 449 g/mol. The van der Waals surface area contributed by atoms with Crippen molar-refractivity contribution in [3.63, 3.8) is 0 Å². The number of carbonyl (C=O) groups is 1. The highest BCUT2D eigenvalue weighted by atomic mass is 35.5. The summed E-state index contributed by atoms with van der Waals surface area (Å²) in [5.41, 5.74) is 0.602. The van der Waals surface area contributed by atoms with E-state index in [4.69, 9.17) is 20.9 Å². The van der Waals surface area contributed by atoms with Crippen molar-refractivity contribution >= 4 is 27.6 Å². The van der Waals surface area contributed by atoms with Gasteiger partial charge in [-0.2, -0.15) is 9.29 Å². The molecular formula is C19H17ClN4O5S. The van der Waals surface area contributed by atoms with Crippen LogP contribution in [-0.2, 0) is 21.4 Å². The molecule has 0 unspecified atom stereocenters. The van der Waals surface area contributed by atoms with Crippen LogP contribution in [0.1, 0.15) is 29.1 Å². The number of carbonyl (C=O) groups excluding carboxylic acids is 1. The number of esters is 1. The van der Waals surface area contributed by atoms with Crippen molar-refractivity contribution in [2.75, 3.05) is 13.1 Å². The number of rotatable bonds is 6. The Bertz CT molecular complexity index is 1160. The summed E-state index contributed by atoms with van der Waals surface area (Å²) in [6.45, 7) is 0.633. The van der Waals surface area contributed by atoms with Crippen LogP contribution in [0.2, 0.25) is 5.02 Å². The zero-order chi connectivity index (χ0) is 21.1. The smallest absolute Gasteiger partial charge is 0.340 e. The molecule has 1 aliphatic heterocycles. The maximum atomic E-state index is 12.7. The van der Waals surface area contributed by atoms with Crippen LogP contribution in [0.3, 0.4) is 0 Å². The first-order valence-electron chi connectivity index (χ1n) is 9.15. The molecule has 0 radical (unpaired) electrons. The molecule has 1 fully saturated rings. The molecule has 0 N–H and O–H groups in total. The van der Waals surface area contributed by atoms with Crippen molar-refractivity contribution in [2.45, 2.75) is 24.3 Å². The van der Waals surface area contributed by atoms with E-state index in [-0.39, 0.29) is 28.0 Å². The molecule has 3 heterocycles. The Morgan fingerprint density at radius 1 is 1.23 bits per heavy atom. The maximum Gasteiger partial charge on any atom is 0.340 e. The molecule has 30 heavy (non-hydrogen) atoms. The molecule has 1 saturated heterocycles. The molecule has 11 heteroatoms. The predicted octanol–water partition coefficient (Wildman–Crippen LogP) is 2.93. The minimum absolute atomic E-state index is 0.00240. The van der Waals surface area contributed by atoms with E-state index in [9.17, 15) is 13.2 Å². The molecule has 4 rings (SSSR count). The Morgan fingerprint density at radius 3 is 2.77 bits per heavy atom. The van der Waals surface area contributed by atoms with Crippen LogP contribution in [0.15, 0.2) is 52.1 Å². The lowest BCUT2D eigenvalue weighted by molar-refractivity contribution is 0.0429. The summed E-state index contributed by atoms with van der Waals surface area (Å²) >= 11 is 6.10. The van der Waals surface area contributed by atoms with Crippen LogP contribution < -0.4 is 0 Å². The number of benzene rings is 1. The van der Waals surface area contributed by atoms with E-state index >= 15 is 0 Å². The number of pyridine rings is 1. The molecule has 1 aliphatic rings. The number of aromatic nitrogens is 3. The summed E-state index contributed by atoms with van der Waals surface area (Å²) in [7, 11) is -3.69. The summed E-state index contributed by atoms with van der Waals surface area (Å²) in [5.74, 6) is -0.398. The van der Waals surface area contributed by atoms with Gasteiger partial charge in [0, 0.05) is 31.0 Å². The van der Waals surface area contributed by atoms with Gasteiger partial charge in [0.25, 0.3) is 5.89 Å². The zero-order valence-corrected chi connectivity index (χ0v) is 17.3. The van der Waals surface area contributed by atoms with Gasteiger partial charge in [0.15, 0.2) is 6.61 Å². The van der Waals surface area contributed by atoms with Crippen LogP contribution in [0, 0.1) is 0 Å². The first-order chi connectivity index (χ1) is 14.4. The molecule has 2 aromatic heterocycles. The first-order valence-corrected chi connectivity index (χ1v) is 11.0. The molecular weight excluding hydrogens is 432 g/mol. The van der Waals surface area contributed by atoms with Crippen molar-refractivity contribution in [1.82, 2.24) is 19.4 Å². The Hall–Kier alpha value is -2.82. The van der Waals surface area contributed by atoms with E-state index in [1.54, 1.807) is 24.5 Å². The molecule has 1 aromatic carbocycles. The molecule has 156 valence electrons. The number of hydrogen-bond acceptors (Lipinski definition) is 8. The van der Waals surface area contributed by atoms with Crippen LogP contribution in [-0.4, -0.2) is 46.9 Å². The van der Waals surface area contributed by atoms with Crippen molar-refractivity contribution in [3.05, 3.63) is 59.2 Å². The summed E-state index contributed by atoms with van der Waals surface area (Å²) in [6, 6.07) is 7.47. The highest BCUT2D eigenvalue weighted by Crippen LogP contribution is 2.26. The van der Waals surface area contributed by atoms with E-state index in [1.165, 1.54) is 22.5 Å². The quantitative estimate of drug-likeness (QED) is 0.528. The Labute approximate surface area is 177 Å². The standard InChI is InChI=1S/C19H17ClN4O5S/c20-16-6-5-14(30(26,27)24-8-1-2-9-24)10-15(16)19(25)28-12-17-22-18(23-29-17)13-4-3-7-21-11-13/h3-7,10-11H,1-2,8-9,12H2. The van der Waals surface area contributed by atoms with Crippen molar-refractivity contribution in [2.24, 2.45) is 0 Å². The fourth-order valence-electron chi connectivity index (χ4n) is 3.03. The molecule has 3 aromatic rings. The predicted molar refractivity (Wildman–Crippen MR) is 106 cm³/mol. The third-order valence-corrected chi connectivity index (χ3v) is 6.80. The lowest BCUT2D eigenvalue weighted by Crippen LogP contribution is -2.28. The number of sulfonamides is 1. The molecule has 0 amide bonds. The van der Waals surface area contributed by atoms with Crippen LogP contribution in [0.5, 0.6) is 0 Å². The second-order valence-electron chi connectivity index (χ2n) is 6.58. The highest BCUT2D eigenvalue weighted by Gasteiger charge is 2.28. The third kappa shape index (κ3) is 4.20. The average Bonchev–Trinajstić information content (AvgIpc) is 3.45. The van der Waals surface area contributed by atoms with Gasteiger partial charge >= 0.3 is 5.97 Å². The molecule has 0 atom stereocenters. The van der Waals surface area contributed by atoms with Gasteiger partial charge in [0.05, 0.1) is 15.5 Å². The SMILES string of the molecule is O=C(OCc1nc(-c2cccnc2)no1)c1cc(S(=O)(=O)N2CCCC2)ccc1Cl. The molecule has 0 aliphatic carbocycles. The summed E-state index contributed by atoms with van der Waals surface area (Å²) in [4.78, 5) is 20.6. The van der Waals surface area contributed by atoms with Gasteiger partial charge < -0.3 is 9.26 Å². The van der Waals surface area contributed by atoms with Crippen LogP contribution in [0.25, 0.3) is 11.4 Å².